The summed E-state index contributed by atoms with van der Waals surface area (Å²) in [6.07, 6.45) is 1.69. The molecule has 0 bridgehead atoms. The first kappa shape index (κ1) is 15.7. The molecule has 2 aliphatic heterocycles. The van der Waals surface area contributed by atoms with Crippen LogP contribution >= 0.6 is 22.6 Å². The highest BCUT2D eigenvalue weighted by molar-refractivity contribution is 14.1. The molecule has 2 saturated heterocycles. The van der Waals surface area contributed by atoms with E-state index in [4.69, 9.17) is 0 Å². The highest BCUT2D eigenvalue weighted by Gasteiger charge is 2.50. The Balaban J connectivity index is 1.55. The van der Waals surface area contributed by atoms with Gasteiger partial charge in [0.15, 0.2) is 0 Å². The second-order valence-corrected chi connectivity index (χ2v) is 7.67. The molecule has 1 spiro atoms. The molecule has 4 nitrogen and oxygen atoms in total. The minimum absolute atomic E-state index is 0.175. The molecule has 0 atom stereocenters. The van der Waals surface area contributed by atoms with Crippen LogP contribution in [-0.2, 0) is 4.79 Å². The Bertz CT molecular complexity index is 724. The van der Waals surface area contributed by atoms with E-state index >= 15 is 0 Å². The van der Waals surface area contributed by atoms with Gasteiger partial charge in [-0.2, -0.15) is 0 Å². The molecule has 0 unspecified atom stereocenters. The van der Waals surface area contributed by atoms with E-state index in [1.807, 2.05) is 18.2 Å². The number of hydrogen-bond acceptors (Lipinski definition) is 3. The summed E-state index contributed by atoms with van der Waals surface area (Å²) in [4.78, 5) is 17.3. The lowest BCUT2D eigenvalue weighted by molar-refractivity contribution is -0.124. The van der Waals surface area contributed by atoms with Crippen molar-refractivity contribution in [1.82, 2.24) is 5.32 Å². The Hall–Kier alpha value is -1.76. The van der Waals surface area contributed by atoms with Gasteiger partial charge in [0, 0.05) is 28.0 Å². The number of hydrogen-bond donors (Lipinski definition) is 1. The smallest absolute Gasteiger partial charge is 0.247 e. The Morgan fingerprint density at radius 1 is 0.917 bits per heavy atom. The zero-order valence-corrected chi connectivity index (χ0v) is 15.6. The molecular weight excluding hydrogens is 413 g/mol. The topological polar surface area (TPSA) is 35.6 Å². The summed E-state index contributed by atoms with van der Waals surface area (Å²) in [7, 11) is 0. The van der Waals surface area contributed by atoms with Crippen molar-refractivity contribution >= 4 is 39.9 Å². The van der Waals surface area contributed by atoms with Gasteiger partial charge < -0.3 is 15.1 Å². The van der Waals surface area contributed by atoms with Crippen LogP contribution < -0.4 is 15.1 Å². The van der Waals surface area contributed by atoms with Crippen molar-refractivity contribution in [1.29, 1.82) is 0 Å². The zero-order chi connectivity index (χ0) is 16.6. The summed E-state index contributed by atoms with van der Waals surface area (Å²) in [6, 6.07) is 18.9. The highest BCUT2D eigenvalue weighted by Crippen LogP contribution is 2.37. The van der Waals surface area contributed by atoms with E-state index in [1.165, 1.54) is 9.26 Å². The molecule has 2 heterocycles. The first-order valence-electron chi connectivity index (χ1n) is 8.31. The predicted octanol–water partition coefficient (Wildman–Crippen LogP) is 3.22. The standard InChI is InChI=1S/C19H20IN3O/c20-15-6-8-16(9-7-15)22-12-10-19(11-13-22)18(24)21-14-23(19)17-4-2-1-3-5-17/h1-9H,10-14H2,(H,21,24). The Kier molecular flexibility index (Phi) is 4.12. The highest BCUT2D eigenvalue weighted by atomic mass is 127. The fraction of sp³-hybridized carbons (Fsp3) is 0.316. The van der Waals surface area contributed by atoms with Crippen LogP contribution in [0, 0.1) is 3.57 Å². The first-order valence-corrected chi connectivity index (χ1v) is 9.38. The summed E-state index contributed by atoms with van der Waals surface area (Å²) >= 11 is 2.33. The number of piperidine rings is 1. The largest absolute Gasteiger partial charge is 0.371 e. The minimum Gasteiger partial charge on any atom is -0.371 e. The van der Waals surface area contributed by atoms with Crippen LogP contribution in [0.2, 0.25) is 0 Å². The van der Waals surface area contributed by atoms with Gasteiger partial charge in [-0.15, -0.1) is 0 Å². The lowest BCUT2D eigenvalue weighted by atomic mass is 9.85. The third kappa shape index (κ3) is 2.64. The molecule has 1 N–H and O–H groups in total. The van der Waals surface area contributed by atoms with E-state index in [0.717, 1.165) is 31.6 Å². The molecule has 0 aromatic heterocycles. The molecule has 2 fully saturated rings. The van der Waals surface area contributed by atoms with Crippen LogP contribution in [0.3, 0.4) is 0 Å². The van der Waals surface area contributed by atoms with E-state index in [0.29, 0.717) is 6.67 Å². The van der Waals surface area contributed by atoms with Crippen molar-refractivity contribution in [3.63, 3.8) is 0 Å². The molecule has 0 aliphatic carbocycles. The molecule has 124 valence electrons. The van der Waals surface area contributed by atoms with Gasteiger partial charge in [0.05, 0.1) is 6.67 Å². The molecular formula is C19H20IN3O. The van der Waals surface area contributed by atoms with Crippen molar-refractivity contribution in [2.75, 3.05) is 29.6 Å². The normalized spacial score (nSPS) is 19.6. The van der Waals surface area contributed by atoms with Gasteiger partial charge >= 0.3 is 0 Å². The van der Waals surface area contributed by atoms with Crippen LogP contribution in [0.1, 0.15) is 12.8 Å². The molecule has 0 radical (unpaired) electrons. The van der Waals surface area contributed by atoms with Gasteiger partial charge in [0.1, 0.15) is 5.54 Å². The van der Waals surface area contributed by atoms with Crippen LogP contribution in [0.5, 0.6) is 0 Å². The number of halogens is 1. The Morgan fingerprint density at radius 3 is 2.25 bits per heavy atom. The van der Waals surface area contributed by atoms with E-state index in [9.17, 15) is 4.79 Å². The maximum atomic E-state index is 12.7. The maximum absolute atomic E-state index is 12.7. The summed E-state index contributed by atoms with van der Waals surface area (Å²) in [6.45, 7) is 2.40. The molecule has 24 heavy (non-hydrogen) atoms. The summed E-state index contributed by atoms with van der Waals surface area (Å²) in [5.74, 6) is 0.175. The number of carbonyl (C=O) groups excluding carboxylic acids is 1. The monoisotopic (exact) mass is 433 g/mol. The molecule has 2 aliphatic rings. The molecule has 1 amide bonds. The SMILES string of the molecule is O=C1NCN(c2ccccc2)C12CCN(c1ccc(I)cc1)CC2. The van der Waals surface area contributed by atoms with Crippen molar-refractivity contribution in [3.05, 3.63) is 58.2 Å². The van der Waals surface area contributed by atoms with Gasteiger partial charge in [0.2, 0.25) is 5.91 Å². The number of anilines is 2. The molecule has 0 saturated carbocycles. The van der Waals surface area contributed by atoms with Crippen molar-refractivity contribution in [3.8, 4) is 0 Å². The molecule has 5 heteroatoms. The predicted molar refractivity (Wildman–Crippen MR) is 105 cm³/mol. The molecule has 4 rings (SSSR count). The number of rotatable bonds is 2. The number of nitrogens with zero attached hydrogens (tertiary/aromatic N) is 2. The van der Waals surface area contributed by atoms with Gasteiger partial charge in [0.25, 0.3) is 0 Å². The number of nitrogens with one attached hydrogen (secondary N) is 1. The van der Waals surface area contributed by atoms with Crippen molar-refractivity contribution < 1.29 is 4.79 Å². The number of carbonyl (C=O) groups is 1. The van der Waals surface area contributed by atoms with E-state index in [2.05, 4.69) is 74.1 Å². The van der Waals surface area contributed by atoms with Crippen molar-refractivity contribution in [2.45, 2.75) is 18.4 Å². The zero-order valence-electron chi connectivity index (χ0n) is 13.4. The fourth-order valence-electron chi connectivity index (χ4n) is 3.82. The van der Waals surface area contributed by atoms with E-state index in [1.54, 1.807) is 0 Å². The van der Waals surface area contributed by atoms with Crippen molar-refractivity contribution in [2.24, 2.45) is 0 Å². The fourth-order valence-corrected chi connectivity index (χ4v) is 4.18. The van der Waals surface area contributed by atoms with Gasteiger partial charge in [-0.05, 0) is 71.8 Å². The second-order valence-electron chi connectivity index (χ2n) is 6.42. The van der Waals surface area contributed by atoms with Gasteiger partial charge in [-0.3, -0.25) is 4.79 Å². The first-order chi connectivity index (χ1) is 11.7. The number of benzene rings is 2. The average Bonchev–Trinajstić information content (AvgIpc) is 2.94. The van der Waals surface area contributed by atoms with Gasteiger partial charge in [-0.1, -0.05) is 18.2 Å². The third-order valence-electron chi connectivity index (χ3n) is 5.19. The molecule has 2 aromatic rings. The minimum atomic E-state index is -0.402. The summed E-state index contributed by atoms with van der Waals surface area (Å²) in [5.41, 5.74) is 1.97. The Morgan fingerprint density at radius 2 is 1.58 bits per heavy atom. The lowest BCUT2D eigenvalue weighted by Gasteiger charge is -2.44. The second kappa shape index (κ2) is 6.27. The maximum Gasteiger partial charge on any atom is 0.247 e. The van der Waals surface area contributed by atoms with Crippen LogP contribution in [0.25, 0.3) is 0 Å². The Labute approximate surface area is 156 Å². The van der Waals surface area contributed by atoms with Crippen LogP contribution in [0.4, 0.5) is 11.4 Å². The molecule has 2 aromatic carbocycles. The lowest BCUT2D eigenvalue weighted by Crippen LogP contribution is -2.56. The quantitative estimate of drug-likeness (QED) is 0.739. The third-order valence-corrected chi connectivity index (χ3v) is 5.91. The average molecular weight is 433 g/mol. The van der Waals surface area contributed by atoms with E-state index < -0.39 is 5.54 Å². The summed E-state index contributed by atoms with van der Waals surface area (Å²) < 4.78 is 1.25. The number of amides is 1. The number of para-hydroxylation sites is 1. The van der Waals surface area contributed by atoms with Crippen LogP contribution in [0.15, 0.2) is 54.6 Å². The summed E-state index contributed by atoms with van der Waals surface area (Å²) in [5, 5.41) is 3.06. The van der Waals surface area contributed by atoms with Crippen LogP contribution in [-0.4, -0.2) is 31.2 Å². The van der Waals surface area contributed by atoms with E-state index in [-0.39, 0.29) is 5.91 Å². The van der Waals surface area contributed by atoms with Gasteiger partial charge in [-0.25, -0.2) is 0 Å².